The van der Waals surface area contributed by atoms with E-state index in [0.717, 1.165) is 17.4 Å². The Morgan fingerprint density at radius 3 is 2.59 bits per heavy atom. The zero-order valence-corrected chi connectivity index (χ0v) is 13.9. The Morgan fingerprint density at radius 1 is 1.23 bits per heavy atom. The molecule has 0 N–H and O–H groups in total. The monoisotopic (exact) mass is 297 g/mol. The average Bonchev–Trinajstić information content (AvgIpc) is 2.52. The van der Waals surface area contributed by atoms with Gasteiger partial charge < -0.3 is 0 Å². The maximum absolute atomic E-state index is 8.84. The summed E-state index contributed by atoms with van der Waals surface area (Å²) in [4.78, 5) is 3.02. The molecule has 0 saturated heterocycles. The first-order valence-electron chi connectivity index (χ1n) is 8.39. The molecule has 0 bridgehead atoms. The van der Waals surface area contributed by atoms with Crippen LogP contribution in [0.25, 0.3) is 10.4 Å². The largest absolute Gasteiger partial charge is 0.0844 e. The van der Waals surface area contributed by atoms with Crippen LogP contribution in [0.3, 0.4) is 0 Å². The van der Waals surface area contributed by atoms with Gasteiger partial charge in [-0.3, -0.25) is 0 Å². The highest BCUT2D eigenvalue weighted by atomic mass is 15.1. The van der Waals surface area contributed by atoms with E-state index in [1.54, 1.807) is 0 Å². The molecule has 0 radical (unpaired) electrons. The molecule has 0 heterocycles. The fraction of sp³-hybridized carbons (Fsp3) is 0.579. The first-order valence-corrected chi connectivity index (χ1v) is 8.39. The summed E-state index contributed by atoms with van der Waals surface area (Å²) in [7, 11) is 0. The third-order valence-corrected chi connectivity index (χ3v) is 4.93. The van der Waals surface area contributed by atoms with Crippen molar-refractivity contribution in [1.29, 1.82) is 0 Å². The molecule has 0 aromatic heterocycles. The number of hydrogen-bond donors (Lipinski definition) is 0. The van der Waals surface area contributed by atoms with Crippen LogP contribution in [0.4, 0.5) is 0 Å². The van der Waals surface area contributed by atoms with Crippen LogP contribution < -0.4 is 0 Å². The molecular weight excluding hydrogens is 270 g/mol. The molecule has 0 amide bonds. The van der Waals surface area contributed by atoms with Crippen molar-refractivity contribution in [1.82, 2.24) is 0 Å². The van der Waals surface area contributed by atoms with Crippen molar-refractivity contribution in [3.63, 3.8) is 0 Å². The fourth-order valence-electron chi connectivity index (χ4n) is 3.67. The van der Waals surface area contributed by atoms with Crippen LogP contribution in [0.15, 0.2) is 47.6 Å². The third kappa shape index (κ3) is 4.38. The van der Waals surface area contributed by atoms with E-state index in [2.05, 4.69) is 42.9 Å². The second-order valence-corrected chi connectivity index (χ2v) is 6.94. The quantitative estimate of drug-likeness (QED) is 0.265. The molecule has 3 nitrogen and oxygen atoms in total. The molecule has 0 aliphatic heterocycles. The summed E-state index contributed by atoms with van der Waals surface area (Å²) in [6.07, 6.45) is 8.31. The SMILES string of the molecule is CC(C)[C@@H]1CC[C@@H](C)C[C@H]1C=C[C@@H](N=[N+]=[N-])c1ccccc1. The van der Waals surface area contributed by atoms with Crippen LogP contribution in [0.2, 0.25) is 0 Å². The number of rotatable bonds is 5. The number of allylic oxidation sites excluding steroid dienone is 1. The molecule has 0 unspecified atom stereocenters. The molecule has 1 aliphatic carbocycles. The van der Waals surface area contributed by atoms with Crippen molar-refractivity contribution in [2.24, 2.45) is 28.8 Å². The third-order valence-electron chi connectivity index (χ3n) is 4.93. The highest BCUT2D eigenvalue weighted by molar-refractivity contribution is 5.23. The lowest BCUT2D eigenvalue weighted by atomic mass is 9.70. The summed E-state index contributed by atoms with van der Waals surface area (Å²) in [5, 5.41) is 3.96. The number of hydrogen-bond acceptors (Lipinski definition) is 1. The topological polar surface area (TPSA) is 48.8 Å². The molecule has 22 heavy (non-hydrogen) atoms. The highest BCUT2D eigenvalue weighted by Gasteiger charge is 2.28. The van der Waals surface area contributed by atoms with Crippen molar-refractivity contribution in [3.8, 4) is 0 Å². The van der Waals surface area contributed by atoms with E-state index >= 15 is 0 Å². The van der Waals surface area contributed by atoms with E-state index in [-0.39, 0.29) is 6.04 Å². The van der Waals surface area contributed by atoms with Gasteiger partial charge in [0.1, 0.15) is 0 Å². The Labute approximate surface area is 134 Å². The first-order chi connectivity index (χ1) is 10.6. The Kier molecular flexibility index (Phi) is 6.09. The summed E-state index contributed by atoms with van der Waals surface area (Å²) in [6, 6.07) is 9.81. The first kappa shape index (κ1) is 16.6. The Morgan fingerprint density at radius 2 is 1.95 bits per heavy atom. The smallest absolute Gasteiger partial charge is 0.0806 e. The van der Waals surface area contributed by atoms with Gasteiger partial charge in [-0.1, -0.05) is 74.8 Å². The maximum Gasteiger partial charge on any atom is 0.0806 e. The van der Waals surface area contributed by atoms with Gasteiger partial charge in [0, 0.05) is 4.91 Å². The summed E-state index contributed by atoms with van der Waals surface area (Å²) in [6.45, 7) is 6.99. The van der Waals surface area contributed by atoms with Gasteiger partial charge in [0.15, 0.2) is 0 Å². The minimum atomic E-state index is -0.198. The Bertz CT molecular complexity index is 529. The maximum atomic E-state index is 8.84. The molecule has 1 saturated carbocycles. The number of azide groups is 1. The van der Waals surface area contributed by atoms with E-state index in [4.69, 9.17) is 5.53 Å². The van der Waals surface area contributed by atoms with Gasteiger partial charge in [-0.15, -0.1) is 0 Å². The van der Waals surface area contributed by atoms with Crippen LogP contribution in [-0.2, 0) is 0 Å². The zero-order chi connectivity index (χ0) is 15.9. The molecule has 1 fully saturated rings. The fourth-order valence-corrected chi connectivity index (χ4v) is 3.67. The van der Waals surface area contributed by atoms with E-state index in [0.29, 0.717) is 11.8 Å². The molecule has 118 valence electrons. The van der Waals surface area contributed by atoms with Crippen LogP contribution in [0.5, 0.6) is 0 Å². The zero-order valence-electron chi connectivity index (χ0n) is 13.9. The Balaban J connectivity index is 2.16. The van der Waals surface area contributed by atoms with E-state index in [1.165, 1.54) is 19.3 Å². The van der Waals surface area contributed by atoms with Crippen LogP contribution in [-0.4, -0.2) is 0 Å². The summed E-state index contributed by atoms with van der Waals surface area (Å²) < 4.78 is 0. The predicted molar refractivity (Wildman–Crippen MR) is 92.3 cm³/mol. The van der Waals surface area contributed by atoms with Crippen LogP contribution in [0, 0.1) is 23.7 Å². The summed E-state index contributed by atoms with van der Waals surface area (Å²) in [5.41, 5.74) is 9.90. The van der Waals surface area contributed by atoms with Crippen LogP contribution in [0.1, 0.15) is 51.6 Å². The van der Waals surface area contributed by atoms with Crippen molar-refractivity contribution < 1.29 is 0 Å². The molecule has 3 heteroatoms. The second kappa shape index (κ2) is 8.05. The van der Waals surface area contributed by atoms with Crippen molar-refractivity contribution in [2.75, 3.05) is 0 Å². The molecule has 1 aliphatic rings. The molecule has 4 atom stereocenters. The predicted octanol–water partition coefficient (Wildman–Crippen LogP) is 6.30. The average molecular weight is 297 g/mol. The van der Waals surface area contributed by atoms with Gasteiger partial charge >= 0.3 is 0 Å². The molecule has 1 aromatic rings. The van der Waals surface area contributed by atoms with E-state index in [1.807, 2.05) is 30.3 Å². The molecular formula is C19H27N3. The summed E-state index contributed by atoms with van der Waals surface area (Å²) >= 11 is 0. The lowest BCUT2D eigenvalue weighted by Gasteiger charge is -2.36. The lowest BCUT2D eigenvalue weighted by Crippen LogP contribution is -2.26. The van der Waals surface area contributed by atoms with Gasteiger partial charge in [-0.05, 0) is 47.6 Å². The second-order valence-electron chi connectivity index (χ2n) is 6.94. The van der Waals surface area contributed by atoms with Gasteiger partial charge in [-0.2, -0.15) is 0 Å². The minimum absolute atomic E-state index is 0.198. The highest BCUT2D eigenvalue weighted by Crippen LogP contribution is 2.39. The van der Waals surface area contributed by atoms with Crippen molar-refractivity contribution in [2.45, 2.75) is 46.1 Å². The summed E-state index contributed by atoms with van der Waals surface area (Å²) in [5.74, 6) is 2.84. The Hall–Kier alpha value is -1.73. The van der Waals surface area contributed by atoms with Crippen molar-refractivity contribution in [3.05, 3.63) is 58.5 Å². The normalized spacial score (nSPS) is 26.8. The van der Waals surface area contributed by atoms with E-state index < -0.39 is 0 Å². The van der Waals surface area contributed by atoms with Crippen LogP contribution >= 0.6 is 0 Å². The van der Waals surface area contributed by atoms with Gasteiger partial charge in [-0.25, -0.2) is 0 Å². The number of nitrogens with zero attached hydrogens (tertiary/aromatic N) is 3. The minimum Gasteiger partial charge on any atom is -0.0844 e. The van der Waals surface area contributed by atoms with E-state index in [9.17, 15) is 0 Å². The van der Waals surface area contributed by atoms with Gasteiger partial charge in [0.05, 0.1) is 6.04 Å². The van der Waals surface area contributed by atoms with Crippen molar-refractivity contribution >= 4 is 0 Å². The van der Waals surface area contributed by atoms with Gasteiger partial charge in [0.2, 0.25) is 0 Å². The molecule has 1 aromatic carbocycles. The molecule has 0 spiro atoms. The van der Waals surface area contributed by atoms with Gasteiger partial charge in [0.25, 0.3) is 0 Å². The number of benzene rings is 1. The standard InChI is InChI=1S/C19H27N3/c1-14(2)18-11-9-15(3)13-17(18)10-12-19(21-22-20)16-7-5-4-6-8-16/h4-8,10,12,14-15,17-19H,9,11,13H2,1-3H3/t15-,17-,18+,19-/m1/s1. The molecule has 2 rings (SSSR count). The lowest BCUT2D eigenvalue weighted by molar-refractivity contribution is 0.178.